The van der Waals surface area contributed by atoms with Gasteiger partial charge in [0.05, 0.1) is 19.0 Å². The molecule has 2 fully saturated rings. The third kappa shape index (κ3) is 3.60. The van der Waals surface area contributed by atoms with Crippen LogP contribution in [0.4, 0.5) is 4.79 Å². The van der Waals surface area contributed by atoms with Gasteiger partial charge in [0.1, 0.15) is 13.1 Å². The Kier molecular flexibility index (Phi) is 4.43. The van der Waals surface area contributed by atoms with Gasteiger partial charge in [-0.1, -0.05) is 0 Å². The second-order valence-corrected chi connectivity index (χ2v) is 10.0. The number of hydrogen-bond acceptors (Lipinski definition) is 3. The number of likely N-dealkylation sites (tertiary alicyclic amines) is 1. The molecule has 21 heavy (non-hydrogen) atoms. The number of hydrogen-bond donors (Lipinski definition) is 0. The first-order valence-electron chi connectivity index (χ1n) is 7.79. The van der Waals surface area contributed by atoms with Crippen molar-refractivity contribution in [3.63, 3.8) is 0 Å². The molecule has 1 amide bonds. The van der Waals surface area contributed by atoms with Gasteiger partial charge in [0, 0.05) is 25.6 Å². The van der Waals surface area contributed by atoms with Crippen LogP contribution in [0, 0.1) is 5.41 Å². The number of amides is 1. The van der Waals surface area contributed by atoms with Gasteiger partial charge in [0.2, 0.25) is 0 Å². The summed E-state index contributed by atoms with van der Waals surface area (Å²) in [4.78, 5) is 16.7. The van der Waals surface area contributed by atoms with Gasteiger partial charge in [-0.25, -0.2) is 4.79 Å². The molecule has 0 aromatic heterocycles. The summed E-state index contributed by atoms with van der Waals surface area (Å²) < 4.78 is 5.54. The lowest BCUT2D eigenvalue weighted by molar-refractivity contribution is 0.0184. The summed E-state index contributed by atoms with van der Waals surface area (Å²) in [7, 11) is 1.67. The standard InChI is InChI=1S/C16H30N2O2P/c1-12(21(6)7)18-10-13(16(11-18)8-9-16)17(5)14(19)20-15(2,3)4/h12-13H,6,8-11H2,1-5,7H3/q+1. The van der Waals surface area contributed by atoms with Crippen molar-refractivity contribution in [2.24, 2.45) is 5.41 Å². The molecule has 0 bridgehead atoms. The highest BCUT2D eigenvalue weighted by molar-refractivity contribution is 7.55. The zero-order valence-electron chi connectivity index (χ0n) is 14.3. The molecule has 3 atom stereocenters. The molecule has 1 saturated carbocycles. The van der Waals surface area contributed by atoms with Crippen molar-refractivity contribution < 1.29 is 9.53 Å². The Morgan fingerprint density at radius 1 is 1.48 bits per heavy atom. The summed E-state index contributed by atoms with van der Waals surface area (Å²) in [5.74, 6) is 0.523. The molecular formula is C16H30N2O2P+. The van der Waals surface area contributed by atoms with Crippen molar-refractivity contribution in [1.82, 2.24) is 9.80 Å². The van der Waals surface area contributed by atoms with Gasteiger partial charge < -0.3 is 9.64 Å². The molecule has 2 rings (SSSR count). The predicted octanol–water partition coefficient (Wildman–Crippen LogP) is 3.21. The fraction of sp³-hybridized carbons (Fsp3) is 0.875. The van der Waals surface area contributed by atoms with E-state index in [9.17, 15) is 4.79 Å². The van der Waals surface area contributed by atoms with Crippen LogP contribution in [0.5, 0.6) is 0 Å². The molecule has 5 heteroatoms. The van der Waals surface area contributed by atoms with Crippen LogP contribution in [-0.2, 0) is 4.74 Å². The molecule has 1 aliphatic carbocycles. The number of ether oxygens (including phenoxy) is 1. The van der Waals surface area contributed by atoms with Crippen molar-refractivity contribution in [2.75, 3.05) is 26.8 Å². The predicted molar refractivity (Wildman–Crippen MR) is 90.5 cm³/mol. The monoisotopic (exact) mass is 313 g/mol. The van der Waals surface area contributed by atoms with Gasteiger partial charge in [0.25, 0.3) is 0 Å². The molecule has 1 heterocycles. The van der Waals surface area contributed by atoms with Gasteiger partial charge in [-0.05, 0) is 40.5 Å². The third-order valence-corrected chi connectivity index (χ3v) is 6.44. The highest BCUT2D eigenvalue weighted by atomic mass is 31.1. The van der Waals surface area contributed by atoms with E-state index in [1.165, 1.54) is 12.8 Å². The molecule has 0 aromatic carbocycles. The minimum absolute atomic E-state index is 0.193. The lowest BCUT2D eigenvalue weighted by atomic mass is 10.00. The van der Waals surface area contributed by atoms with Gasteiger partial charge in [-0.2, -0.15) is 0 Å². The number of rotatable bonds is 3. The van der Waals surface area contributed by atoms with E-state index in [2.05, 4.69) is 24.8 Å². The van der Waals surface area contributed by atoms with E-state index < -0.39 is 5.60 Å². The van der Waals surface area contributed by atoms with Crippen molar-refractivity contribution in [3.05, 3.63) is 0 Å². The minimum atomic E-state index is -0.432. The van der Waals surface area contributed by atoms with Crippen LogP contribution in [0.25, 0.3) is 0 Å². The Bertz CT molecular complexity index is 440. The average molecular weight is 313 g/mol. The summed E-state index contributed by atoms with van der Waals surface area (Å²) in [6.07, 6.45) is 6.49. The van der Waals surface area contributed by atoms with Crippen LogP contribution in [0.15, 0.2) is 0 Å². The molecular weight excluding hydrogens is 283 g/mol. The van der Waals surface area contributed by atoms with E-state index in [1.54, 1.807) is 0 Å². The maximum atomic E-state index is 12.3. The van der Waals surface area contributed by atoms with Crippen LogP contribution in [0.2, 0.25) is 0 Å². The van der Waals surface area contributed by atoms with E-state index in [0.29, 0.717) is 11.2 Å². The van der Waals surface area contributed by atoms with Crippen molar-refractivity contribution in [1.29, 1.82) is 0 Å². The quantitative estimate of drug-likeness (QED) is 0.750. The molecule has 0 N–H and O–H groups in total. The molecule has 0 radical (unpaired) electrons. The number of likely N-dealkylation sites (N-methyl/N-ethyl adjacent to an activating group) is 1. The van der Waals surface area contributed by atoms with Crippen molar-refractivity contribution in [3.8, 4) is 0 Å². The molecule has 4 nitrogen and oxygen atoms in total. The fourth-order valence-electron chi connectivity index (χ4n) is 3.20. The summed E-state index contributed by atoms with van der Waals surface area (Å²) in [5.41, 5.74) is -0.121. The zero-order chi connectivity index (χ0) is 16.0. The smallest absolute Gasteiger partial charge is 0.410 e. The first-order valence-corrected chi connectivity index (χ1v) is 9.83. The molecule has 120 valence electrons. The van der Waals surface area contributed by atoms with Crippen LogP contribution in [-0.4, -0.2) is 66.4 Å². The van der Waals surface area contributed by atoms with E-state index >= 15 is 0 Å². The lowest BCUT2D eigenvalue weighted by Crippen LogP contribution is -2.45. The van der Waals surface area contributed by atoms with Crippen LogP contribution < -0.4 is 0 Å². The molecule has 3 unspecified atom stereocenters. The molecule has 1 saturated heterocycles. The SMILES string of the molecule is C=[P+](C)C(C)N1CC(N(C)C(=O)OC(C)(C)C)C2(CC2)C1. The zero-order valence-corrected chi connectivity index (χ0v) is 15.2. The van der Waals surface area contributed by atoms with Crippen molar-refractivity contribution >= 4 is 19.9 Å². The Balaban J connectivity index is 2.06. The van der Waals surface area contributed by atoms with Crippen molar-refractivity contribution in [2.45, 2.75) is 58.0 Å². The maximum Gasteiger partial charge on any atom is 0.410 e. The number of carbonyl (C=O) groups is 1. The highest BCUT2D eigenvalue weighted by Gasteiger charge is 2.58. The fourth-order valence-corrected chi connectivity index (χ4v) is 3.93. The molecule has 1 spiro atoms. The first-order chi connectivity index (χ1) is 9.56. The summed E-state index contributed by atoms with van der Waals surface area (Å²) in [5, 5.41) is 0. The van der Waals surface area contributed by atoms with Crippen LogP contribution in [0.1, 0.15) is 40.5 Å². The minimum Gasteiger partial charge on any atom is -0.444 e. The highest BCUT2D eigenvalue weighted by Crippen LogP contribution is 2.55. The van der Waals surface area contributed by atoms with E-state index in [1.807, 2.05) is 32.7 Å². The molecule has 0 aromatic rings. The Labute approximate surface area is 130 Å². The van der Waals surface area contributed by atoms with Gasteiger partial charge in [-0.3, -0.25) is 4.90 Å². The average Bonchev–Trinajstić information content (AvgIpc) is 2.99. The topological polar surface area (TPSA) is 32.8 Å². The van der Waals surface area contributed by atoms with Gasteiger partial charge in [0.15, 0.2) is 5.78 Å². The number of nitrogens with zero attached hydrogens (tertiary/aromatic N) is 2. The largest absolute Gasteiger partial charge is 0.444 e. The van der Waals surface area contributed by atoms with Crippen LogP contribution >= 0.6 is 7.55 Å². The Hall–Kier alpha value is -0.600. The molecule has 1 aliphatic heterocycles. The first kappa shape index (κ1) is 16.8. The third-order valence-electron chi connectivity index (χ3n) is 4.84. The second kappa shape index (κ2) is 5.55. The Morgan fingerprint density at radius 2 is 2.05 bits per heavy atom. The lowest BCUT2D eigenvalue weighted by Gasteiger charge is -2.31. The maximum absolute atomic E-state index is 12.3. The second-order valence-electron chi connectivity index (χ2n) is 7.79. The van der Waals surface area contributed by atoms with E-state index in [4.69, 9.17) is 4.74 Å². The summed E-state index contributed by atoms with van der Waals surface area (Å²) >= 11 is 0. The number of carbonyl (C=O) groups excluding carboxylic acids is 1. The van der Waals surface area contributed by atoms with Gasteiger partial charge in [-0.15, -0.1) is 0 Å². The van der Waals surface area contributed by atoms with E-state index in [-0.39, 0.29) is 19.7 Å². The van der Waals surface area contributed by atoms with E-state index in [0.717, 1.165) is 13.1 Å². The van der Waals surface area contributed by atoms with Gasteiger partial charge >= 0.3 is 6.09 Å². The summed E-state index contributed by atoms with van der Waals surface area (Å²) in [6, 6.07) is 0.282. The summed E-state index contributed by atoms with van der Waals surface area (Å²) in [6.45, 7) is 12.3. The normalized spacial score (nSPS) is 26.6. The Morgan fingerprint density at radius 3 is 2.48 bits per heavy atom. The van der Waals surface area contributed by atoms with Crippen LogP contribution in [0.3, 0.4) is 0 Å². The molecule has 2 aliphatic rings.